The Labute approximate surface area is 151 Å². The van der Waals surface area contributed by atoms with Crippen molar-refractivity contribution in [1.29, 1.82) is 0 Å². The first-order valence-corrected chi connectivity index (χ1v) is 8.66. The first-order valence-electron chi connectivity index (χ1n) is 8.28. The van der Waals surface area contributed by atoms with Gasteiger partial charge < -0.3 is 14.2 Å². The smallest absolute Gasteiger partial charge is 0.254 e. The number of aryl methyl sites for hydroxylation is 1. The normalized spacial score (nSPS) is 15.2. The maximum absolute atomic E-state index is 12.7. The number of halogens is 1. The average molecular weight is 361 g/mol. The second-order valence-electron chi connectivity index (χ2n) is 6.36. The molecule has 0 radical (unpaired) electrons. The summed E-state index contributed by atoms with van der Waals surface area (Å²) in [5, 5.41) is 0.484. The summed E-state index contributed by atoms with van der Waals surface area (Å²) >= 11 is 6.06. The predicted molar refractivity (Wildman–Crippen MR) is 97.6 cm³/mol. The summed E-state index contributed by atoms with van der Waals surface area (Å²) in [5.41, 5.74) is 1.60. The lowest BCUT2D eigenvalue weighted by Crippen LogP contribution is -2.38. The van der Waals surface area contributed by atoms with Crippen LogP contribution in [0.2, 0.25) is 5.02 Å². The third-order valence-electron chi connectivity index (χ3n) is 4.74. The molecule has 0 N–H and O–H groups in total. The number of benzene rings is 1. The fourth-order valence-electron chi connectivity index (χ4n) is 3.22. The van der Waals surface area contributed by atoms with Gasteiger partial charge in [0.05, 0.1) is 7.11 Å². The Kier molecular flexibility index (Phi) is 5.13. The summed E-state index contributed by atoms with van der Waals surface area (Å²) in [6.07, 6.45) is 3.49. The van der Waals surface area contributed by atoms with E-state index in [0.29, 0.717) is 35.3 Å². The molecule has 1 aliphatic rings. The number of amides is 1. The molecule has 0 unspecified atom stereocenters. The van der Waals surface area contributed by atoms with Gasteiger partial charge in [-0.2, -0.15) is 0 Å². The van der Waals surface area contributed by atoms with Crippen LogP contribution in [-0.2, 0) is 7.05 Å². The fourth-order valence-corrected chi connectivity index (χ4v) is 3.45. The Morgan fingerprint density at radius 2 is 1.92 bits per heavy atom. The monoisotopic (exact) mass is 360 g/mol. The first kappa shape index (κ1) is 17.5. The first-order chi connectivity index (χ1) is 12.0. The van der Waals surface area contributed by atoms with E-state index in [1.807, 2.05) is 11.0 Å². The van der Waals surface area contributed by atoms with Crippen molar-refractivity contribution >= 4 is 17.5 Å². The molecule has 1 amide bonds. The van der Waals surface area contributed by atoms with Crippen LogP contribution in [0.3, 0.4) is 0 Å². The highest BCUT2D eigenvalue weighted by molar-refractivity contribution is 6.31. The lowest BCUT2D eigenvalue weighted by Gasteiger charge is -2.32. The van der Waals surface area contributed by atoms with Crippen molar-refractivity contribution in [3.8, 4) is 5.75 Å². The van der Waals surface area contributed by atoms with Gasteiger partial charge in [0.25, 0.3) is 11.5 Å². The summed E-state index contributed by atoms with van der Waals surface area (Å²) < 4.78 is 6.75. The van der Waals surface area contributed by atoms with Crippen molar-refractivity contribution in [2.75, 3.05) is 20.2 Å². The minimum atomic E-state index is -0.0387. The molecule has 132 valence electrons. The van der Waals surface area contributed by atoms with Crippen LogP contribution in [0.1, 0.15) is 34.7 Å². The second-order valence-corrected chi connectivity index (χ2v) is 6.79. The topological polar surface area (TPSA) is 51.5 Å². The van der Waals surface area contributed by atoms with Gasteiger partial charge in [-0.3, -0.25) is 9.59 Å². The Hall–Kier alpha value is -2.27. The molecule has 0 spiro atoms. The van der Waals surface area contributed by atoms with Gasteiger partial charge in [-0.15, -0.1) is 0 Å². The van der Waals surface area contributed by atoms with E-state index in [9.17, 15) is 9.59 Å². The molecule has 2 aromatic rings. The van der Waals surface area contributed by atoms with Crippen molar-refractivity contribution in [1.82, 2.24) is 9.47 Å². The zero-order valence-corrected chi connectivity index (χ0v) is 15.1. The van der Waals surface area contributed by atoms with Gasteiger partial charge in [-0.25, -0.2) is 0 Å². The third kappa shape index (κ3) is 3.87. The zero-order valence-electron chi connectivity index (χ0n) is 14.4. The van der Waals surface area contributed by atoms with Gasteiger partial charge in [0.2, 0.25) is 0 Å². The van der Waals surface area contributed by atoms with Crippen LogP contribution in [0.25, 0.3) is 0 Å². The van der Waals surface area contributed by atoms with Gasteiger partial charge in [0.15, 0.2) is 0 Å². The highest BCUT2D eigenvalue weighted by atomic mass is 35.5. The summed E-state index contributed by atoms with van der Waals surface area (Å²) in [6, 6.07) is 8.75. The highest BCUT2D eigenvalue weighted by Crippen LogP contribution is 2.29. The molecule has 5 nitrogen and oxygen atoms in total. The molecule has 0 bridgehead atoms. The quantitative estimate of drug-likeness (QED) is 0.845. The average Bonchev–Trinajstić information content (AvgIpc) is 2.63. The number of carbonyl (C=O) groups is 1. The fraction of sp³-hybridized carbons (Fsp3) is 0.368. The predicted octanol–water partition coefficient (Wildman–Crippen LogP) is 3.07. The van der Waals surface area contributed by atoms with Crippen LogP contribution in [0.15, 0.2) is 41.3 Å². The van der Waals surface area contributed by atoms with Crippen molar-refractivity contribution in [3.05, 3.63) is 63.0 Å². The standard InChI is InChI=1S/C19H21ClN2O3/c1-21-6-3-14(11-18(21)23)13-4-7-22(8-5-13)19(24)15-9-16(20)12-17(10-15)25-2/h3,6,9-13H,4-5,7-8H2,1-2H3. The minimum absolute atomic E-state index is 0.00188. The van der Waals surface area contributed by atoms with E-state index in [1.54, 1.807) is 49.2 Å². The molecular formula is C19H21ClN2O3. The zero-order chi connectivity index (χ0) is 18.0. The number of nitrogens with zero attached hydrogens (tertiary/aromatic N) is 2. The van der Waals surface area contributed by atoms with Crippen LogP contribution < -0.4 is 10.3 Å². The Morgan fingerprint density at radius 1 is 1.20 bits per heavy atom. The second kappa shape index (κ2) is 7.31. The number of hydrogen-bond donors (Lipinski definition) is 0. The molecule has 1 aromatic carbocycles. The lowest BCUT2D eigenvalue weighted by molar-refractivity contribution is 0.0712. The molecule has 2 heterocycles. The van der Waals surface area contributed by atoms with E-state index in [2.05, 4.69) is 0 Å². The van der Waals surface area contributed by atoms with Crippen molar-refractivity contribution < 1.29 is 9.53 Å². The number of pyridine rings is 1. The van der Waals surface area contributed by atoms with Crippen LogP contribution in [-0.4, -0.2) is 35.6 Å². The number of likely N-dealkylation sites (tertiary alicyclic amines) is 1. The van der Waals surface area contributed by atoms with E-state index in [0.717, 1.165) is 18.4 Å². The summed E-state index contributed by atoms with van der Waals surface area (Å²) in [7, 11) is 3.29. The number of aromatic nitrogens is 1. The maximum Gasteiger partial charge on any atom is 0.254 e. The van der Waals surface area contributed by atoms with Gasteiger partial charge in [-0.1, -0.05) is 11.6 Å². The number of carbonyl (C=O) groups excluding carboxylic acids is 1. The van der Waals surface area contributed by atoms with E-state index < -0.39 is 0 Å². The maximum atomic E-state index is 12.7. The molecule has 3 rings (SSSR count). The number of hydrogen-bond acceptors (Lipinski definition) is 3. The lowest BCUT2D eigenvalue weighted by atomic mass is 9.90. The third-order valence-corrected chi connectivity index (χ3v) is 4.95. The molecule has 25 heavy (non-hydrogen) atoms. The van der Waals surface area contributed by atoms with Crippen LogP contribution >= 0.6 is 11.6 Å². The van der Waals surface area contributed by atoms with Crippen molar-refractivity contribution in [3.63, 3.8) is 0 Å². The van der Waals surface area contributed by atoms with Gasteiger partial charge >= 0.3 is 0 Å². The molecule has 0 atom stereocenters. The van der Waals surface area contributed by atoms with Crippen LogP contribution in [0.4, 0.5) is 0 Å². The van der Waals surface area contributed by atoms with Gasteiger partial charge in [0.1, 0.15) is 5.75 Å². The van der Waals surface area contributed by atoms with Gasteiger partial charge in [0, 0.05) is 43.0 Å². The molecule has 1 fully saturated rings. The van der Waals surface area contributed by atoms with E-state index in [-0.39, 0.29) is 11.5 Å². The van der Waals surface area contributed by atoms with Gasteiger partial charge in [-0.05, 0) is 48.6 Å². The number of ether oxygens (including phenoxy) is 1. The summed E-state index contributed by atoms with van der Waals surface area (Å²) in [4.78, 5) is 26.4. The number of piperidine rings is 1. The summed E-state index contributed by atoms with van der Waals surface area (Å²) in [6.45, 7) is 1.32. The number of methoxy groups -OCH3 is 1. The minimum Gasteiger partial charge on any atom is -0.497 e. The van der Waals surface area contributed by atoms with Crippen molar-refractivity contribution in [2.45, 2.75) is 18.8 Å². The Balaban J connectivity index is 1.69. The van der Waals surface area contributed by atoms with E-state index in [1.165, 1.54) is 0 Å². The highest BCUT2D eigenvalue weighted by Gasteiger charge is 2.25. The molecule has 6 heteroatoms. The summed E-state index contributed by atoms with van der Waals surface area (Å²) in [5.74, 6) is 0.848. The Bertz CT molecular complexity index is 839. The molecule has 1 aromatic heterocycles. The Morgan fingerprint density at radius 3 is 2.56 bits per heavy atom. The van der Waals surface area contributed by atoms with Crippen molar-refractivity contribution in [2.24, 2.45) is 7.05 Å². The SMILES string of the molecule is COc1cc(Cl)cc(C(=O)N2CCC(c3ccn(C)c(=O)c3)CC2)c1. The molecule has 0 aliphatic carbocycles. The molecular weight excluding hydrogens is 340 g/mol. The van der Waals surface area contributed by atoms with Crippen LogP contribution in [0.5, 0.6) is 5.75 Å². The largest absolute Gasteiger partial charge is 0.497 e. The number of rotatable bonds is 3. The van der Waals surface area contributed by atoms with Crippen LogP contribution in [0, 0.1) is 0 Å². The van der Waals surface area contributed by atoms with E-state index >= 15 is 0 Å². The van der Waals surface area contributed by atoms with E-state index in [4.69, 9.17) is 16.3 Å². The molecule has 1 saturated heterocycles. The molecule has 1 aliphatic heterocycles. The molecule has 0 saturated carbocycles.